The fourth-order valence-corrected chi connectivity index (χ4v) is 0.611. The maximum atomic E-state index is 10.5. The third kappa shape index (κ3) is 4.05. The third-order valence-corrected chi connectivity index (χ3v) is 1.09. The Morgan fingerprint density at radius 2 is 1.92 bits per heavy atom. The van der Waals surface area contributed by atoms with Crippen molar-refractivity contribution < 1.29 is 4.79 Å². The standard InChI is InChI=1S/C7H8N2O.2ClH/c8-7(10)6-4-2-1-3-5-9-6;;/h1-5,9H,(H2,8,10);2*1H. The van der Waals surface area contributed by atoms with Crippen molar-refractivity contribution in [3.8, 4) is 0 Å². The van der Waals surface area contributed by atoms with E-state index in [-0.39, 0.29) is 24.8 Å². The molecule has 3 nitrogen and oxygen atoms in total. The van der Waals surface area contributed by atoms with Crippen LogP contribution in [0.2, 0.25) is 0 Å². The van der Waals surface area contributed by atoms with Crippen LogP contribution in [-0.2, 0) is 4.79 Å². The number of nitrogens with one attached hydrogen (secondary N) is 1. The maximum absolute atomic E-state index is 10.5. The summed E-state index contributed by atoms with van der Waals surface area (Å²) < 4.78 is 0. The number of carbonyl (C=O) groups is 1. The van der Waals surface area contributed by atoms with Gasteiger partial charge in [0.15, 0.2) is 0 Å². The van der Waals surface area contributed by atoms with E-state index in [0.29, 0.717) is 5.70 Å². The number of amides is 1. The quantitative estimate of drug-likeness (QED) is 0.673. The fraction of sp³-hybridized carbons (Fsp3) is 0. The van der Waals surface area contributed by atoms with Gasteiger partial charge >= 0.3 is 0 Å². The summed E-state index contributed by atoms with van der Waals surface area (Å²) >= 11 is 0. The molecule has 0 atom stereocenters. The van der Waals surface area contributed by atoms with Crippen molar-refractivity contribution in [3.05, 3.63) is 36.2 Å². The highest BCUT2D eigenvalue weighted by atomic mass is 35.5. The zero-order valence-corrected chi connectivity index (χ0v) is 7.82. The zero-order valence-electron chi connectivity index (χ0n) is 6.19. The van der Waals surface area contributed by atoms with Gasteiger partial charge in [0.2, 0.25) is 0 Å². The lowest BCUT2D eigenvalue weighted by atomic mass is 10.4. The van der Waals surface area contributed by atoms with E-state index in [9.17, 15) is 4.79 Å². The first-order chi connectivity index (χ1) is 4.80. The molecule has 0 saturated carbocycles. The first-order valence-electron chi connectivity index (χ1n) is 2.90. The molecule has 0 aromatic rings. The molecule has 0 bridgehead atoms. The van der Waals surface area contributed by atoms with Crippen molar-refractivity contribution in [3.63, 3.8) is 0 Å². The molecule has 12 heavy (non-hydrogen) atoms. The van der Waals surface area contributed by atoms with Crippen molar-refractivity contribution >= 4 is 30.7 Å². The van der Waals surface area contributed by atoms with E-state index in [1.807, 2.05) is 6.08 Å². The Balaban J connectivity index is 0. The van der Waals surface area contributed by atoms with Gasteiger partial charge in [-0.05, 0) is 12.2 Å². The van der Waals surface area contributed by atoms with Gasteiger partial charge in [0.1, 0.15) is 5.70 Å². The molecule has 0 aromatic carbocycles. The second-order valence-electron chi connectivity index (χ2n) is 1.83. The van der Waals surface area contributed by atoms with E-state index in [1.54, 1.807) is 24.4 Å². The summed E-state index contributed by atoms with van der Waals surface area (Å²) in [6, 6.07) is 0. The van der Waals surface area contributed by atoms with Crippen LogP contribution in [0.5, 0.6) is 0 Å². The summed E-state index contributed by atoms with van der Waals surface area (Å²) in [5.74, 6) is -0.448. The second kappa shape index (κ2) is 6.76. The van der Waals surface area contributed by atoms with Gasteiger partial charge in [0.05, 0.1) is 0 Å². The number of hydrogen-bond donors (Lipinski definition) is 2. The summed E-state index contributed by atoms with van der Waals surface area (Å²) in [5, 5.41) is 2.72. The normalized spacial score (nSPS) is 12.8. The molecule has 3 N–H and O–H groups in total. The molecule has 1 aliphatic heterocycles. The lowest BCUT2D eigenvalue weighted by Crippen LogP contribution is -2.22. The molecular formula is C7H10Cl2N2O. The average Bonchev–Trinajstić information content (AvgIpc) is 2.12. The number of nitrogens with two attached hydrogens (primary N) is 1. The summed E-state index contributed by atoms with van der Waals surface area (Å²) in [6.45, 7) is 0. The van der Waals surface area contributed by atoms with Crippen molar-refractivity contribution in [1.82, 2.24) is 5.32 Å². The van der Waals surface area contributed by atoms with Gasteiger partial charge in [-0.25, -0.2) is 0 Å². The predicted octanol–water partition coefficient (Wildman–Crippen LogP) is 0.872. The van der Waals surface area contributed by atoms with Gasteiger partial charge in [-0.1, -0.05) is 12.2 Å². The molecule has 0 aliphatic carbocycles. The molecule has 68 valence electrons. The molecular weight excluding hydrogens is 199 g/mol. The van der Waals surface area contributed by atoms with Crippen LogP contribution in [0, 0.1) is 0 Å². The number of hydrogen-bond acceptors (Lipinski definition) is 2. The number of primary amides is 1. The third-order valence-electron chi connectivity index (χ3n) is 1.09. The average molecular weight is 209 g/mol. The highest BCUT2D eigenvalue weighted by Crippen LogP contribution is 1.93. The van der Waals surface area contributed by atoms with Crippen LogP contribution in [0.15, 0.2) is 36.2 Å². The Hall–Kier alpha value is -0.930. The molecule has 0 spiro atoms. The Labute approximate surface area is 83.2 Å². The van der Waals surface area contributed by atoms with E-state index in [4.69, 9.17) is 5.73 Å². The van der Waals surface area contributed by atoms with Crippen LogP contribution in [-0.4, -0.2) is 5.91 Å². The van der Waals surface area contributed by atoms with Crippen LogP contribution < -0.4 is 11.1 Å². The van der Waals surface area contributed by atoms with Crippen molar-refractivity contribution in [2.24, 2.45) is 5.73 Å². The molecule has 1 heterocycles. The molecule has 0 unspecified atom stereocenters. The van der Waals surface area contributed by atoms with E-state index in [1.165, 1.54) is 0 Å². The highest BCUT2D eigenvalue weighted by molar-refractivity contribution is 5.91. The monoisotopic (exact) mass is 208 g/mol. The SMILES string of the molecule is Cl.Cl.NC(=O)C1=CC=CC=CN1. The molecule has 1 amide bonds. The fourth-order valence-electron chi connectivity index (χ4n) is 0.611. The van der Waals surface area contributed by atoms with Crippen molar-refractivity contribution in [2.45, 2.75) is 0 Å². The van der Waals surface area contributed by atoms with E-state index in [2.05, 4.69) is 5.32 Å². The van der Waals surface area contributed by atoms with Crippen LogP contribution in [0.1, 0.15) is 0 Å². The smallest absolute Gasteiger partial charge is 0.265 e. The Bertz CT molecular complexity index is 234. The Morgan fingerprint density at radius 3 is 2.50 bits per heavy atom. The van der Waals surface area contributed by atoms with Crippen LogP contribution >= 0.6 is 24.8 Å². The van der Waals surface area contributed by atoms with Gasteiger partial charge < -0.3 is 11.1 Å². The van der Waals surface area contributed by atoms with Crippen LogP contribution in [0.25, 0.3) is 0 Å². The topological polar surface area (TPSA) is 55.1 Å². The second-order valence-corrected chi connectivity index (χ2v) is 1.83. The maximum Gasteiger partial charge on any atom is 0.265 e. The number of carbonyl (C=O) groups excluding carboxylic acids is 1. The van der Waals surface area contributed by atoms with Crippen LogP contribution in [0.3, 0.4) is 0 Å². The minimum Gasteiger partial charge on any atom is -0.364 e. The first-order valence-corrected chi connectivity index (χ1v) is 2.90. The van der Waals surface area contributed by atoms with Crippen molar-refractivity contribution in [1.29, 1.82) is 0 Å². The minimum atomic E-state index is -0.448. The van der Waals surface area contributed by atoms with Gasteiger partial charge in [-0.3, -0.25) is 4.79 Å². The first kappa shape index (κ1) is 13.6. The van der Waals surface area contributed by atoms with Gasteiger partial charge in [0.25, 0.3) is 5.91 Å². The highest BCUT2D eigenvalue weighted by Gasteiger charge is 1.99. The van der Waals surface area contributed by atoms with Gasteiger partial charge in [-0.2, -0.15) is 0 Å². The van der Waals surface area contributed by atoms with E-state index in [0.717, 1.165) is 0 Å². The predicted molar refractivity (Wildman–Crippen MR) is 53.2 cm³/mol. The summed E-state index contributed by atoms with van der Waals surface area (Å²) in [6.07, 6.45) is 8.62. The van der Waals surface area contributed by atoms with E-state index >= 15 is 0 Å². The Morgan fingerprint density at radius 1 is 1.25 bits per heavy atom. The lowest BCUT2D eigenvalue weighted by molar-refractivity contribution is -0.114. The number of halogens is 2. The molecule has 5 heteroatoms. The van der Waals surface area contributed by atoms with Crippen LogP contribution in [0.4, 0.5) is 0 Å². The minimum absolute atomic E-state index is 0. The Kier molecular flexibility index (Phi) is 7.69. The molecule has 0 saturated heterocycles. The largest absolute Gasteiger partial charge is 0.364 e. The molecule has 0 fully saturated rings. The summed E-state index contributed by atoms with van der Waals surface area (Å²) in [5.41, 5.74) is 5.41. The van der Waals surface area contributed by atoms with E-state index < -0.39 is 5.91 Å². The molecule has 1 rings (SSSR count). The summed E-state index contributed by atoms with van der Waals surface area (Å²) in [4.78, 5) is 10.5. The molecule has 0 aromatic heterocycles. The number of rotatable bonds is 1. The zero-order chi connectivity index (χ0) is 7.40. The van der Waals surface area contributed by atoms with Gasteiger partial charge in [-0.15, -0.1) is 24.8 Å². The van der Waals surface area contributed by atoms with Crippen molar-refractivity contribution in [2.75, 3.05) is 0 Å². The molecule has 0 radical (unpaired) electrons. The van der Waals surface area contributed by atoms with Gasteiger partial charge in [0, 0.05) is 6.20 Å². The lowest BCUT2D eigenvalue weighted by Gasteiger charge is -1.97. The summed E-state index contributed by atoms with van der Waals surface area (Å²) in [7, 11) is 0. The molecule has 1 aliphatic rings. The number of allylic oxidation sites excluding steroid dienone is 4.